The highest BCUT2D eigenvalue weighted by Crippen LogP contribution is 2.27. The van der Waals surface area contributed by atoms with Crippen molar-refractivity contribution >= 4 is 46.3 Å². The average Bonchev–Trinajstić information content (AvgIpc) is 3.35. The third-order valence-electron chi connectivity index (χ3n) is 5.13. The first-order chi connectivity index (χ1) is 14.6. The summed E-state index contributed by atoms with van der Waals surface area (Å²) in [5.41, 5.74) is 2.86. The number of fused-ring (bicyclic) bond motifs is 1. The van der Waals surface area contributed by atoms with E-state index in [0.29, 0.717) is 16.7 Å². The van der Waals surface area contributed by atoms with Crippen LogP contribution in [0, 0.1) is 0 Å². The summed E-state index contributed by atoms with van der Waals surface area (Å²) >= 11 is 7.44. The van der Waals surface area contributed by atoms with E-state index in [0.717, 1.165) is 42.3 Å². The van der Waals surface area contributed by atoms with Crippen LogP contribution in [0.25, 0.3) is 11.0 Å². The Morgan fingerprint density at radius 3 is 2.67 bits per heavy atom. The molecule has 1 heterocycles. The summed E-state index contributed by atoms with van der Waals surface area (Å²) in [6.45, 7) is 0.630. The molecule has 0 atom stereocenters. The second kappa shape index (κ2) is 9.53. The molecule has 8 heteroatoms. The first kappa shape index (κ1) is 20.8. The smallest absolute Gasteiger partial charge is 0.321 e. The fraction of sp³-hybridized carbons (Fsp3) is 0.318. The molecule has 0 aliphatic heterocycles. The largest absolute Gasteiger partial charge is 0.335 e. The molecule has 6 nitrogen and oxygen atoms in total. The van der Waals surface area contributed by atoms with E-state index < -0.39 is 6.03 Å². The summed E-state index contributed by atoms with van der Waals surface area (Å²) in [5, 5.41) is 6.61. The third-order valence-corrected chi connectivity index (χ3v) is 6.35. The number of imidazole rings is 1. The first-order valence-corrected chi connectivity index (χ1v) is 11.4. The Bertz CT molecular complexity index is 1050. The molecule has 0 unspecified atom stereocenters. The van der Waals surface area contributed by atoms with E-state index >= 15 is 0 Å². The van der Waals surface area contributed by atoms with Crippen molar-refractivity contribution in [2.75, 3.05) is 5.75 Å². The highest BCUT2D eigenvalue weighted by atomic mass is 35.5. The van der Waals surface area contributed by atoms with Gasteiger partial charge in [0.25, 0.3) is 0 Å². The van der Waals surface area contributed by atoms with E-state index in [2.05, 4.69) is 32.3 Å². The quantitative estimate of drug-likeness (QED) is 0.547. The van der Waals surface area contributed by atoms with Crippen LogP contribution in [0.2, 0.25) is 5.02 Å². The van der Waals surface area contributed by atoms with Crippen LogP contribution in [-0.4, -0.2) is 33.3 Å². The number of nitrogens with one attached hydrogen (secondary N) is 2. The number of aromatic nitrogens is 2. The van der Waals surface area contributed by atoms with Crippen LogP contribution in [0.1, 0.15) is 31.2 Å². The Labute approximate surface area is 184 Å². The summed E-state index contributed by atoms with van der Waals surface area (Å²) in [5.74, 6) is -0.240. The Balaban J connectivity index is 1.45. The maximum absolute atomic E-state index is 12.3. The lowest BCUT2D eigenvalue weighted by atomic mass is 10.2. The second-order valence-corrected chi connectivity index (χ2v) is 8.77. The molecular weight excluding hydrogens is 420 g/mol. The van der Waals surface area contributed by atoms with Crippen molar-refractivity contribution in [1.82, 2.24) is 20.2 Å². The van der Waals surface area contributed by atoms with Gasteiger partial charge in [-0.1, -0.05) is 66.5 Å². The van der Waals surface area contributed by atoms with Crippen LogP contribution in [-0.2, 0) is 11.3 Å². The number of imide groups is 1. The Kier molecular flexibility index (Phi) is 6.59. The molecule has 2 aromatic carbocycles. The Hall–Kier alpha value is -2.51. The molecule has 1 aliphatic carbocycles. The van der Waals surface area contributed by atoms with Crippen molar-refractivity contribution in [3.8, 4) is 0 Å². The van der Waals surface area contributed by atoms with Gasteiger partial charge in [-0.2, -0.15) is 0 Å². The molecule has 3 aromatic rings. The third kappa shape index (κ3) is 5.15. The molecule has 3 amide bonds. The lowest BCUT2D eigenvalue weighted by Crippen LogP contribution is -2.44. The van der Waals surface area contributed by atoms with E-state index in [1.807, 2.05) is 36.4 Å². The van der Waals surface area contributed by atoms with Crippen molar-refractivity contribution in [3.63, 3.8) is 0 Å². The summed E-state index contributed by atoms with van der Waals surface area (Å²) in [6.07, 6.45) is 4.19. The molecule has 156 valence electrons. The first-order valence-electron chi connectivity index (χ1n) is 10.0. The summed E-state index contributed by atoms with van der Waals surface area (Å²) < 4.78 is 2.07. The van der Waals surface area contributed by atoms with Gasteiger partial charge in [0, 0.05) is 11.1 Å². The maximum atomic E-state index is 12.3. The number of urea groups is 1. The molecule has 1 fully saturated rings. The number of benzene rings is 2. The van der Waals surface area contributed by atoms with Gasteiger partial charge in [0.1, 0.15) is 0 Å². The normalized spacial score (nSPS) is 14.2. The number of thioether (sulfide) groups is 1. The molecule has 0 saturated heterocycles. The van der Waals surface area contributed by atoms with Crippen LogP contribution < -0.4 is 10.6 Å². The SMILES string of the molecule is O=C(CSc1nc2cc(Cl)ccc2n1Cc1ccccc1)NC(=O)NC1CCCC1. The van der Waals surface area contributed by atoms with Crippen molar-refractivity contribution in [1.29, 1.82) is 0 Å². The summed E-state index contributed by atoms with van der Waals surface area (Å²) in [6, 6.07) is 15.4. The van der Waals surface area contributed by atoms with Crippen molar-refractivity contribution < 1.29 is 9.59 Å². The van der Waals surface area contributed by atoms with Crippen LogP contribution >= 0.6 is 23.4 Å². The van der Waals surface area contributed by atoms with Crippen molar-refractivity contribution in [2.24, 2.45) is 0 Å². The van der Waals surface area contributed by atoms with Gasteiger partial charge in [-0.15, -0.1) is 0 Å². The van der Waals surface area contributed by atoms with E-state index in [1.54, 1.807) is 0 Å². The molecule has 0 bridgehead atoms. The van der Waals surface area contributed by atoms with Gasteiger partial charge >= 0.3 is 6.03 Å². The highest BCUT2D eigenvalue weighted by Gasteiger charge is 2.19. The number of hydrogen-bond donors (Lipinski definition) is 2. The van der Waals surface area contributed by atoms with Crippen LogP contribution in [0.4, 0.5) is 4.79 Å². The zero-order valence-corrected chi connectivity index (χ0v) is 18.0. The molecule has 0 spiro atoms. The molecule has 1 aliphatic rings. The summed E-state index contributed by atoms with van der Waals surface area (Å²) in [7, 11) is 0. The number of carbonyl (C=O) groups excluding carboxylic acids is 2. The molecule has 2 N–H and O–H groups in total. The van der Waals surface area contributed by atoms with Gasteiger partial charge in [-0.25, -0.2) is 9.78 Å². The van der Waals surface area contributed by atoms with Crippen LogP contribution in [0.15, 0.2) is 53.7 Å². The van der Waals surface area contributed by atoms with Crippen molar-refractivity contribution in [3.05, 3.63) is 59.1 Å². The fourth-order valence-electron chi connectivity index (χ4n) is 3.69. The van der Waals surface area contributed by atoms with E-state index in [4.69, 9.17) is 11.6 Å². The van der Waals surface area contributed by atoms with Gasteiger partial charge in [0.15, 0.2) is 5.16 Å². The predicted molar refractivity (Wildman–Crippen MR) is 120 cm³/mol. The highest BCUT2D eigenvalue weighted by molar-refractivity contribution is 7.99. The number of amides is 3. The second-order valence-electron chi connectivity index (χ2n) is 7.39. The van der Waals surface area contributed by atoms with Gasteiger partial charge in [0.2, 0.25) is 5.91 Å². The minimum Gasteiger partial charge on any atom is -0.335 e. The number of hydrogen-bond acceptors (Lipinski definition) is 4. The molecule has 4 rings (SSSR count). The van der Waals surface area contributed by atoms with Crippen LogP contribution in [0.3, 0.4) is 0 Å². The zero-order valence-electron chi connectivity index (χ0n) is 16.4. The van der Waals surface area contributed by atoms with Gasteiger partial charge in [0.05, 0.1) is 23.3 Å². The molecule has 0 radical (unpaired) electrons. The predicted octanol–water partition coefficient (Wildman–Crippen LogP) is 4.60. The van der Waals surface area contributed by atoms with Gasteiger partial charge < -0.3 is 9.88 Å². The monoisotopic (exact) mass is 442 g/mol. The molecule has 30 heavy (non-hydrogen) atoms. The average molecular weight is 443 g/mol. The Morgan fingerprint density at radius 2 is 1.90 bits per heavy atom. The number of nitrogens with zero attached hydrogens (tertiary/aromatic N) is 2. The number of rotatable bonds is 6. The minimum atomic E-state index is -0.419. The lowest BCUT2D eigenvalue weighted by Gasteiger charge is -2.12. The standard InChI is InChI=1S/C22H23ClN4O2S/c23-16-10-11-19-18(12-16)25-22(27(19)13-15-6-2-1-3-7-15)30-14-20(28)26-21(29)24-17-8-4-5-9-17/h1-3,6-7,10-12,17H,4-5,8-9,13-14H2,(H2,24,26,28,29). The van der Waals surface area contributed by atoms with E-state index in [1.165, 1.54) is 11.8 Å². The lowest BCUT2D eigenvalue weighted by molar-refractivity contribution is -0.117. The zero-order chi connectivity index (χ0) is 20.9. The van der Waals surface area contributed by atoms with Gasteiger partial charge in [-0.05, 0) is 36.6 Å². The number of halogens is 1. The number of carbonyl (C=O) groups is 2. The molecular formula is C22H23ClN4O2S. The van der Waals surface area contributed by atoms with Gasteiger partial charge in [-0.3, -0.25) is 10.1 Å². The summed E-state index contributed by atoms with van der Waals surface area (Å²) in [4.78, 5) is 29.0. The minimum absolute atomic E-state index is 0.101. The van der Waals surface area contributed by atoms with E-state index in [-0.39, 0.29) is 17.7 Å². The fourth-order valence-corrected chi connectivity index (χ4v) is 4.67. The van der Waals surface area contributed by atoms with Crippen LogP contribution in [0.5, 0.6) is 0 Å². The molecule has 1 aromatic heterocycles. The topological polar surface area (TPSA) is 76.0 Å². The molecule has 1 saturated carbocycles. The van der Waals surface area contributed by atoms with E-state index in [9.17, 15) is 9.59 Å². The Morgan fingerprint density at radius 1 is 1.13 bits per heavy atom. The van der Waals surface area contributed by atoms with Crippen molar-refractivity contribution in [2.45, 2.75) is 43.4 Å². The maximum Gasteiger partial charge on any atom is 0.321 e.